The Morgan fingerprint density at radius 1 is 1.24 bits per heavy atom. The molecular weight excluding hydrogens is 339 g/mol. The van der Waals surface area contributed by atoms with Gasteiger partial charge in [-0.15, -0.1) is 0 Å². The number of hydrogen-bond donors (Lipinski definition) is 1. The maximum absolute atomic E-state index is 12.1. The molecule has 0 bridgehead atoms. The van der Waals surface area contributed by atoms with Gasteiger partial charge in [-0.05, 0) is 12.1 Å². The molecule has 0 saturated carbocycles. The van der Waals surface area contributed by atoms with Crippen LogP contribution in [0, 0.1) is 5.92 Å². The van der Waals surface area contributed by atoms with Crippen LogP contribution in [0.2, 0.25) is 0 Å². The van der Waals surface area contributed by atoms with Crippen LogP contribution in [-0.4, -0.2) is 53.2 Å². The Balaban J connectivity index is 0.00000225. The number of Topliss-reactive ketones (excluding diaryl/α,β-unsaturated/α-hetero) is 1. The van der Waals surface area contributed by atoms with Gasteiger partial charge in [-0.25, -0.2) is 0 Å². The molecule has 2 aliphatic heterocycles. The summed E-state index contributed by atoms with van der Waals surface area (Å²) in [5.41, 5.74) is 0. The summed E-state index contributed by atoms with van der Waals surface area (Å²) >= 11 is 0. The molecule has 0 aromatic heterocycles. The summed E-state index contributed by atoms with van der Waals surface area (Å²) in [5.74, 6) is -3.38. The van der Waals surface area contributed by atoms with E-state index in [-0.39, 0.29) is 36.2 Å². The van der Waals surface area contributed by atoms with E-state index in [1.165, 1.54) is 6.92 Å². The number of nitrogens with one attached hydrogen (secondary N) is 1. The molecule has 0 spiro atoms. The number of ketones is 1. The number of fused-ring (bicyclic) bond motifs is 1. The third kappa shape index (κ3) is 3.42. The zero-order valence-electron chi connectivity index (χ0n) is 13.8. The van der Waals surface area contributed by atoms with Gasteiger partial charge in [0.05, 0.1) is 12.0 Å². The zero-order chi connectivity index (χ0) is 17.4. The first-order chi connectivity index (χ1) is 11.4. The summed E-state index contributed by atoms with van der Waals surface area (Å²) in [6.07, 6.45) is 0. The Labute approximate surface area is 165 Å². The molecule has 3 unspecified atom stereocenters. The summed E-state index contributed by atoms with van der Waals surface area (Å²) in [6, 6.07) is 5.39. The van der Waals surface area contributed by atoms with Crippen molar-refractivity contribution in [3.8, 4) is 5.75 Å². The molecule has 4 atom stereocenters. The Morgan fingerprint density at radius 3 is 2.48 bits per heavy atom. The molecule has 9 heteroatoms. The Morgan fingerprint density at radius 2 is 1.88 bits per heavy atom. The van der Waals surface area contributed by atoms with Crippen molar-refractivity contribution in [1.29, 1.82) is 0 Å². The molecule has 8 nitrogen and oxygen atoms in total. The molecule has 0 radical (unpaired) electrons. The van der Waals surface area contributed by atoms with Crippen molar-refractivity contribution in [2.75, 3.05) is 6.61 Å². The second-order valence-corrected chi connectivity index (χ2v) is 5.79. The molecule has 2 saturated heterocycles. The average molecular weight is 354 g/mol. The van der Waals surface area contributed by atoms with Crippen molar-refractivity contribution in [1.82, 2.24) is 10.2 Å². The minimum absolute atomic E-state index is 0. The minimum atomic E-state index is -1.47. The number of β-lactam (4-membered cyclic amide) rings is 1. The van der Waals surface area contributed by atoms with Gasteiger partial charge in [0.25, 0.3) is 5.91 Å². The van der Waals surface area contributed by atoms with E-state index in [0.717, 1.165) is 4.90 Å². The average Bonchev–Trinajstić information content (AvgIpc) is 2.81. The number of amides is 2. The van der Waals surface area contributed by atoms with Crippen LogP contribution in [0.1, 0.15) is 6.92 Å². The van der Waals surface area contributed by atoms with Crippen LogP contribution in [0.3, 0.4) is 0 Å². The van der Waals surface area contributed by atoms with E-state index in [1.807, 2.05) is 0 Å². The molecule has 1 aromatic carbocycles. The second kappa shape index (κ2) is 7.55. The Bertz CT molecular complexity index is 710. The van der Waals surface area contributed by atoms with Crippen LogP contribution in [0.4, 0.5) is 0 Å². The van der Waals surface area contributed by atoms with E-state index >= 15 is 0 Å². The molecule has 2 aliphatic rings. The fourth-order valence-electron chi connectivity index (χ4n) is 3.13. The third-order valence-electron chi connectivity index (χ3n) is 4.32. The van der Waals surface area contributed by atoms with Crippen LogP contribution in [0.5, 0.6) is 5.75 Å². The van der Waals surface area contributed by atoms with Crippen LogP contribution < -0.4 is 44.7 Å². The fraction of sp³-hybridized carbons (Fsp3) is 0.375. The van der Waals surface area contributed by atoms with Crippen molar-refractivity contribution in [2.24, 2.45) is 5.92 Å². The molecule has 25 heavy (non-hydrogen) atoms. The number of para-hydroxylation sites is 1. The number of benzene rings is 1. The SMILES string of the molecule is CC1C(=O)[C@@H]2C(NC(=O)COc3ccccc3)C(=O)N2C1C(=O)[O-].[Na+]. The molecule has 3 rings (SSSR count). The van der Waals surface area contributed by atoms with E-state index in [0.29, 0.717) is 5.75 Å². The van der Waals surface area contributed by atoms with E-state index in [9.17, 15) is 24.3 Å². The zero-order valence-corrected chi connectivity index (χ0v) is 15.8. The first kappa shape index (κ1) is 19.4. The van der Waals surface area contributed by atoms with Crippen LogP contribution >= 0.6 is 0 Å². The number of carbonyl (C=O) groups is 4. The van der Waals surface area contributed by atoms with E-state index < -0.39 is 47.6 Å². The largest absolute Gasteiger partial charge is 1.00 e. The normalized spacial score (nSPS) is 27.0. The predicted molar refractivity (Wildman–Crippen MR) is 77.5 cm³/mol. The monoisotopic (exact) mass is 354 g/mol. The molecule has 1 N–H and O–H groups in total. The maximum Gasteiger partial charge on any atom is 1.00 e. The minimum Gasteiger partial charge on any atom is -0.548 e. The summed E-state index contributed by atoms with van der Waals surface area (Å²) in [5, 5.41) is 13.5. The van der Waals surface area contributed by atoms with Gasteiger partial charge in [-0.1, -0.05) is 25.1 Å². The van der Waals surface area contributed by atoms with E-state index in [1.54, 1.807) is 30.3 Å². The maximum atomic E-state index is 12.1. The van der Waals surface area contributed by atoms with Gasteiger partial charge in [-0.2, -0.15) is 0 Å². The predicted octanol–water partition coefficient (Wildman–Crippen LogP) is -4.90. The number of carboxylic acid groups (broad SMARTS) is 1. The van der Waals surface area contributed by atoms with Crippen molar-refractivity contribution < 1.29 is 58.6 Å². The van der Waals surface area contributed by atoms with Crippen molar-refractivity contribution >= 4 is 23.6 Å². The van der Waals surface area contributed by atoms with Gasteiger partial charge < -0.3 is 24.9 Å². The molecule has 1 aromatic rings. The van der Waals surface area contributed by atoms with Crippen molar-refractivity contribution in [3.63, 3.8) is 0 Å². The molecular formula is C16H15N2NaO6. The molecule has 2 amide bonds. The third-order valence-corrected chi connectivity index (χ3v) is 4.32. The van der Waals surface area contributed by atoms with Crippen LogP contribution in [0.25, 0.3) is 0 Å². The number of ether oxygens (including phenoxy) is 1. The Hall–Kier alpha value is -1.90. The molecule has 126 valence electrons. The summed E-state index contributed by atoms with van der Waals surface area (Å²) < 4.78 is 5.27. The number of rotatable bonds is 5. The molecule has 0 aliphatic carbocycles. The van der Waals surface area contributed by atoms with Crippen molar-refractivity contribution in [3.05, 3.63) is 30.3 Å². The van der Waals surface area contributed by atoms with Gasteiger partial charge >= 0.3 is 29.6 Å². The molecule has 2 heterocycles. The van der Waals surface area contributed by atoms with Gasteiger partial charge in [-0.3, -0.25) is 14.4 Å². The quantitative estimate of drug-likeness (QED) is 0.419. The summed E-state index contributed by atoms with van der Waals surface area (Å²) in [6.45, 7) is 1.12. The smallest absolute Gasteiger partial charge is 0.548 e. The fourth-order valence-corrected chi connectivity index (χ4v) is 3.13. The number of nitrogens with zero attached hydrogens (tertiary/aromatic N) is 1. The first-order valence-electron chi connectivity index (χ1n) is 7.46. The van der Waals surface area contributed by atoms with Gasteiger partial charge in [0, 0.05) is 5.92 Å². The van der Waals surface area contributed by atoms with Crippen LogP contribution in [-0.2, 0) is 19.2 Å². The van der Waals surface area contributed by atoms with E-state index in [2.05, 4.69) is 5.32 Å². The van der Waals surface area contributed by atoms with Crippen LogP contribution in [0.15, 0.2) is 30.3 Å². The Kier molecular flexibility index (Phi) is 5.87. The first-order valence-corrected chi connectivity index (χ1v) is 7.46. The van der Waals surface area contributed by atoms with Gasteiger partial charge in [0.15, 0.2) is 12.4 Å². The van der Waals surface area contributed by atoms with Crippen molar-refractivity contribution in [2.45, 2.75) is 25.0 Å². The number of carbonyl (C=O) groups excluding carboxylic acids is 4. The number of carboxylic acids is 1. The number of aliphatic carboxylic acids is 1. The van der Waals surface area contributed by atoms with E-state index in [4.69, 9.17) is 4.74 Å². The van der Waals surface area contributed by atoms with Gasteiger partial charge in [0.1, 0.15) is 17.8 Å². The second-order valence-electron chi connectivity index (χ2n) is 5.79. The molecule has 2 fully saturated rings. The van der Waals surface area contributed by atoms with Gasteiger partial charge in [0.2, 0.25) is 5.91 Å². The summed E-state index contributed by atoms with van der Waals surface area (Å²) in [4.78, 5) is 48.2. The summed E-state index contributed by atoms with van der Waals surface area (Å²) in [7, 11) is 0. The number of hydrogen-bond acceptors (Lipinski definition) is 6. The standard InChI is InChI=1S/C16H16N2O6.Na/c1-8-12(16(22)23)18-13(14(8)20)11(15(18)21)17-10(19)7-24-9-5-3-2-4-6-9;/h2-6,8,11-13H,7H2,1H3,(H,17,19)(H,22,23);/q;+1/p-1/t8?,11?,12?,13-;/m0./s1. The topological polar surface area (TPSA) is 116 Å².